The SMILES string of the molecule is CN(C(=O)Cn1nnc(C(=O)O)c1CN)C1CC1. The zero-order valence-corrected chi connectivity index (χ0v) is 10.0. The largest absolute Gasteiger partial charge is 0.476 e. The third kappa shape index (κ3) is 2.33. The van der Waals surface area contributed by atoms with E-state index in [1.165, 1.54) is 4.68 Å². The van der Waals surface area contributed by atoms with Gasteiger partial charge < -0.3 is 15.7 Å². The van der Waals surface area contributed by atoms with Gasteiger partial charge in [0, 0.05) is 19.6 Å². The van der Waals surface area contributed by atoms with Gasteiger partial charge in [-0.15, -0.1) is 5.10 Å². The van der Waals surface area contributed by atoms with Crippen molar-refractivity contribution in [3.8, 4) is 0 Å². The van der Waals surface area contributed by atoms with Crippen molar-refractivity contribution in [3.63, 3.8) is 0 Å². The normalized spacial score (nSPS) is 14.6. The van der Waals surface area contributed by atoms with Gasteiger partial charge in [-0.25, -0.2) is 9.48 Å². The summed E-state index contributed by atoms with van der Waals surface area (Å²) < 4.78 is 1.25. The monoisotopic (exact) mass is 253 g/mol. The lowest BCUT2D eigenvalue weighted by atomic mass is 10.3. The molecule has 0 atom stereocenters. The highest BCUT2D eigenvalue weighted by molar-refractivity contribution is 5.86. The Hall–Kier alpha value is -1.96. The predicted molar refractivity (Wildman–Crippen MR) is 60.7 cm³/mol. The molecule has 0 radical (unpaired) electrons. The van der Waals surface area contributed by atoms with E-state index in [0.29, 0.717) is 6.04 Å². The molecule has 3 N–H and O–H groups in total. The molecule has 2 rings (SSSR count). The summed E-state index contributed by atoms with van der Waals surface area (Å²) in [5.41, 5.74) is 5.54. The first-order valence-corrected chi connectivity index (χ1v) is 5.66. The second-order valence-electron chi connectivity index (χ2n) is 4.29. The maximum Gasteiger partial charge on any atom is 0.358 e. The minimum absolute atomic E-state index is 0.0188. The molecule has 1 fully saturated rings. The van der Waals surface area contributed by atoms with Gasteiger partial charge in [-0.05, 0) is 12.8 Å². The maximum absolute atomic E-state index is 11.9. The van der Waals surface area contributed by atoms with Crippen molar-refractivity contribution in [1.82, 2.24) is 19.9 Å². The topological polar surface area (TPSA) is 114 Å². The van der Waals surface area contributed by atoms with Crippen molar-refractivity contribution >= 4 is 11.9 Å². The lowest BCUT2D eigenvalue weighted by molar-refractivity contribution is -0.131. The zero-order chi connectivity index (χ0) is 13.3. The summed E-state index contributed by atoms with van der Waals surface area (Å²) in [4.78, 5) is 24.4. The number of carboxylic acid groups (broad SMARTS) is 1. The number of amides is 1. The fraction of sp³-hybridized carbons (Fsp3) is 0.600. The standard InChI is InChI=1S/C10H15N5O3/c1-14(6-2-3-6)8(16)5-15-7(4-11)9(10(17)18)12-13-15/h6H,2-5,11H2,1H3,(H,17,18). The molecule has 0 spiro atoms. The molecule has 0 saturated heterocycles. The molecule has 8 heteroatoms. The molecule has 1 heterocycles. The fourth-order valence-corrected chi connectivity index (χ4v) is 1.73. The highest BCUT2D eigenvalue weighted by Gasteiger charge is 2.30. The minimum atomic E-state index is -1.19. The van der Waals surface area contributed by atoms with Crippen LogP contribution in [0.1, 0.15) is 29.0 Å². The number of likely N-dealkylation sites (N-methyl/N-ethyl adjacent to an activating group) is 1. The highest BCUT2D eigenvalue weighted by atomic mass is 16.4. The maximum atomic E-state index is 11.9. The Morgan fingerprint density at radius 3 is 2.72 bits per heavy atom. The molecular weight excluding hydrogens is 238 g/mol. The summed E-state index contributed by atoms with van der Waals surface area (Å²) in [5.74, 6) is -1.31. The Bertz CT molecular complexity index is 480. The van der Waals surface area contributed by atoms with Crippen molar-refractivity contribution < 1.29 is 14.7 Å². The summed E-state index contributed by atoms with van der Waals surface area (Å²) in [5, 5.41) is 16.1. The second kappa shape index (κ2) is 4.73. The van der Waals surface area contributed by atoms with Gasteiger partial charge in [0.2, 0.25) is 5.91 Å². The molecule has 0 aliphatic heterocycles. The first kappa shape index (κ1) is 12.5. The molecule has 0 bridgehead atoms. The van der Waals surface area contributed by atoms with Gasteiger partial charge in [-0.1, -0.05) is 5.21 Å². The van der Waals surface area contributed by atoms with Gasteiger partial charge in [0.15, 0.2) is 5.69 Å². The van der Waals surface area contributed by atoms with E-state index in [1.54, 1.807) is 11.9 Å². The van der Waals surface area contributed by atoms with E-state index in [0.717, 1.165) is 12.8 Å². The first-order chi connectivity index (χ1) is 8.54. The Balaban J connectivity index is 2.13. The van der Waals surface area contributed by atoms with Crippen molar-refractivity contribution in [1.29, 1.82) is 0 Å². The van der Waals surface area contributed by atoms with Gasteiger partial charge >= 0.3 is 5.97 Å². The van der Waals surface area contributed by atoms with E-state index in [9.17, 15) is 9.59 Å². The number of nitrogens with zero attached hydrogens (tertiary/aromatic N) is 4. The zero-order valence-electron chi connectivity index (χ0n) is 10.0. The number of hydrogen-bond donors (Lipinski definition) is 2. The molecule has 1 aromatic heterocycles. The van der Waals surface area contributed by atoms with E-state index in [1.807, 2.05) is 0 Å². The molecule has 98 valence electrons. The molecule has 1 aromatic rings. The van der Waals surface area contributed by atoms with Crippen LogP contribution in [0.4, 0.5) is 0 Å². The average Bonchev–Trinajstić information content (AvgIpc) is 3.09. The fourth-order valence-electron chi connectivity index (χ4n) is 1.73. The lowest BCUT2D eigenvalue weighted by Gasteiger charge is -2.16. The summed E-state index contributed by atoms with van der Waals surface area (Å²) in [6.45, 7) is -0.0468. The summed E-state index contributed by atoms with van der Waals surface area (Å²) in [7, 11) is 1.73. The third-order valence-electron chi connectivity index (χ3n) is 3.01. The molecule has 8 nitrogen and oxygen atoms in total. The Labute approximate surface area is 103 Å². The molecule has 18 heavy (non-hydrogen) atoms. The van der Waals surface area contributed by atoms with Gasteiger partial charge in [0.1, 0.15) is 6.54 Å². The quantitative estimate of drug-likeness (QED) is 0.699. The molecular formula is C10H15N5O3. The Kier molecular flexibility index (Phi) is 3.28. The number of carbonyl (C=O) groups is 2. The van der Waals surface area contributed by atoms with E-state index in [-0.39, 0.29) is 30.4 Å². The molecule has 0 aromatic carbocycles. The number of carbonyl (C=O) groups excluding carboxylic acids is 1. The van der Waals surface area contributed by atoms with Crippen molar-refractivity contribution in [2.75, 3.05) is 7.05 Å². The summed E-state index contributed by atoms with van der Waals surface area (Å²) >= 11 is 0. The van der Waals surface area contributed by atoms with Crippen molar-refractivity contribution in [3.05, 3.63) is 11.4 Å². The van der Waals surface area contributed by atoms with Crippen LogP contribution < -0.4 is 5.73 Å². The van der Waals surface area contributed by atoms with Crippen LogP contribution >= 0.6 is 0 Å². The van der Waals surface area contributed by atoms with Crippen molar-refractivity contribution in [2.45, 2.75) is 32.0 Å². The van der Waals surface area contributed by atoms with Crippen LogP contribution in [0, 0.1) is 0 Å². The van der Waals surface area contributed by atoms with Gasteiger partial charge in [0.25, 0.3) is 0 Å². The minimum Gasteiger partial charge on any atom is -0.476 e. The molecule has 1 amide bonds. The lowest BCUT2D eigenvalue weighted by Crippen LogP contribution is -2.33. The van der Waals surface area contributed by atoms with Crippen LogP contribution in [0.3, 0.4) is 0 Å². The number of carboxylic acids is 1. The number of hydrogen-bond acceptors (Lipinski definition) is 5. The van der Waals surface area contributed by atoms with E-state index < -0.39 is 5.97 Å². The first-order valence-electron chi connectivity index (χ1n) is 5.66. The van der Waals surface area contributed by atoms with Gasteiger partial charge in [0.05, 0.1) is 5.69 Å². The molecule has 1 aliphatic rings. The number of nitrogens with two attached hydrogens (primary N) is 1. The Morgan fingerprint density at radius 1 is 1.56 bits per heavy atom. The van der Waals surface area contributed by atoms with E-state index in [2.05, 4.69) is 10.3 Å². The number of aromatic nitrogens is 3. The smallest absolute Gasteiger partial charge is 0.358 e. The Morgan fingerprint density at radius 2 is 2.22 bits per heavy atom. The van der Waals surface area contributed by atoms with Crippen molar-refractivity contribution in [2.24, 2.45) is 5.73 Å². The number of rotatable bonds is 5. The number of aromatic carboxylic acids is 1. The highest BCUT2D eigenvalue weighted by Crippen LogP contribution is 2.25. The van der Waals surface area contributed by atoms with E-state index in [4.69, 9.17) is 10.8 Å². The molecule has 1 aliphatic carbocycles. The van der Waals surface area contributed by atoms with Crippen LogP contribution in [0.15, 0.2) is 0 Å². The summed E-state index contributed by atoms with van der Waals surface area (Å²) in [6, 6.07) is 0.307. The van der Waals surface area contributed by atoms with Gasteiger partial charge in [-0.2, -0.15) is 0 Å². The van der Waals surface area contributed by atoms with E-state index >= 15 is 0 Å². The predicted octanol–water partition coefficient (Wildman–Crippen LogP) is -0.944. The van der Waals surface area contributed by atoms with Crippen LogP contribution in [0.5, 0.6) is 0 Å². The van der Waals surface area contributed by atoms with Gasteiger partial charge in [-0.3, -0.25) is 4.79 Å². The third-order valence-corrected chi connectivity index (χ3v) is 3.01. The molecule has 1 saturated carbocycles. The summed E-state index contributed by atoms with van der Waals surface area (Å²) in [6.07, 6.45) is 2.04. The average molecular weight is 253 g/mol. The van der Waals surface area contributed by atoms with Crippen LogP contribution in [0.25, 0.3) is 0 Å². The second-order valence-corrected chi connectivity index (χ2v) is 4.29. The molecule has 0 unspecified atom stereocenters. The van der Waals surface area contributed by atoms with Crippen LogP contribution in [-0.4, -0.2) is 50.0 Å². The van der Waals surface area contributed by atoms with Crippen LogP contribution in [0.2, 0.25) is 0 Å². The van der Waals surface area contributed by atoms with Crippen LogP contribution in [-0.2, 0) is 17.9 Å².